The second kappa shape index (κ2) is 7.71. The van der Waals surface area contributed by atoms with E-state index in [2.05, 4.69) is 17.0 Å². The second-order valence-electron chi connectivity index (χ2n) is 4.16. The molecule has 1 aromatic carbocycles. The maximum Gasteiger partial charge on any atom is 0.0635 e. The van der Waals surface area contributed by atoms with Crippen LogP contribution in [0, 0.1) is 29.6 Å². The normalized spacial score (nSPS) is 10.1. The third-order valence-corrected chi connectivity index (χ3v) is 3.01. The molecule has 4 heteroatoms. The van der Waals surface area contributed by atoms with Crippen LogP contribution in [0.3, 0.4) is 0 Å². The summed E-state index contributed by atoms with van der Waals surface area (Å²) in [5, 5.41) is 18.0. The van der Waals surface area contributed by atoms with Crippen molar-refractivity contribution in [1.29, 1.82) is 10.5 Å². The van der Waals surface area contributed by atoms with Crippen LogP contribution in [0.2, 0.25) is 5.02 Å². The highest BCUT2D eigenvalue weighted by Gasteiger charge is 2.07. The molecule has 1 aromatic rings. The van der Waals surface area contributed by atoms with Gasteiger partial charge in [-0.15, -0.1) is 0 Å². The third kappa shape index (κ3) is 4.75. The van der Waals surface area contributed by atoms with E-state index in [1.165, 1.54) is 5.56 Å². The molecule has 0 unspecified atom stereocenters. The minimum atomic E-state index is 0.484. The van der Waals surface area contributed by atoms with E-state index < -0.39 is 0 Å². The highest BCUT2D eigenvalue weighted by atomic mass is 35.5. The molecule has 0 aromatic heterocycles. The SMILES string of the molecule is Cc1cc(Cl)ccc1CN(CCC#N)CCC#N. The van der Waals surface area contributed by atoms with E-state index in [1.807, 2.05) is 25.1 Å². The second-order valence-corrected chi connectivity index (χ2v) is 4.60. The molecule has 0 radical (unpaired) electrons. The number of rotatable bonds is 6. The molecular weight excluding hydrogens is 246 g/mol. The van der Waals surface area contributed by atoms with E-state index in [-0.39, 0.29) is 0 Å². The fourth-order valence-corrected chi connectivity index (χ4v) is 1.99. The van der Waals surface area contributed by atoms with Gasteiger partial charge in [-0.2, -0.15) is 10.5 Å². The van der Waals surface area contributed by atoms with E-state index in [0.717, 1.165) is 17.1 Å². The first-order valence-electron chi connectivity index (χ1n) is 5.88. The van der Waals surface area contributed by atoms with Crippen molar-refractivity contribution in [2.45, 2.75) is 26.3 Å². The van der Waals surface area contributed by atoms with Crippen LogP contribution >= 0.6 is 11.6 Å². The Hall–Kier alpha value is -1.55. The van der Waals surface area contributed by atoms with Gasteiger partial charge >= 0.3 is 0 Å². The largest absolute Gasteiger partial charge is 0.297 e. The van der Waals surface area contributed by atoms with Crippen molar-refractivity contribution >= 4 is 11.6 Å². The van der Waals surface area contributed by atoms with Gasteiger partial charge in [0.05, 0.1) is 12.1 Å². The summed E-state index contributed by atoms with van der Waals surface area (Å²) in [5.74, 6) is 0. The molecule has 18 heavy (non-hydrogen) atoms. The smallest absolute Gasteiger partial charge is 0.0635 e. The average molecular weight is 262 g/mol. The first-order valence-corrected chi connectivity index (χ1v) is 6.26. The molecule has 0 aliphatic rings. The van der Waals surface area contributed by atoms with Gasteiger partial charge in [0.1, 0.15) is 0 Å². The van der Waals surface area contributed by atoms with Gasteiger partial charge < -0.3 is 0 Å². The van der Waals surface area contributed by atoms with Crippen molar-refractivity contribution < 1.29 is 0 Å². The molecule has 0 N–H and O–H groups in total. The highest BCUT2D eigenvalue weighted by molar-refractivity contribution is 6.30. The molecule has 0 heterocycles. The van der Waals surface area contributed by atoms with Crippen molar-refractivity contribution in [2.75, 3.05) is 13.1 Å². The van der Waals surface area contributed by atoms with Gasteiger partial charge in [0.15, 0.2) is 0 Å². The van der Waals surface area contributed by atoms with Crippen molar-refractivity contribution in [3.05, 3.63) is 34.3 Å². The summed E-state index contributed by atoms with van der Waals surface area (Å²) < 4.78 is 0. The fourth-order valence-electron chi connectivity index (χ4n) is 1.76. The van der Waals surface area contributed by atoms with Crippen molar-refractivity contribution in [3.63, 3.8) is 0 Å². The van der Waals surface area contributed by atoms with Crippen LogP contribution in [0.15, 0.2) is 18.2 Å². The predicted octanol–water partition coefficient (Wildman–Crippen LogP) is 3.28. The molecule has 0 atom stereocenters. The Bertz CT molecular complexity index is 453. The lowest BCUT2D eigenvalue weighted by Gasteiger charge is -2.21. The number of halogens is 1. The van der Waals surface area contributed by atoms with Crippen molar-refractivity contribution in [3.8, 4) is 12.1 Å². The number of hydrogen-bond acceptors (Lipinski definition) is 3. The first-order chi connectivity index (χ1) is 8.67. The average Bonchev–Trinajstić information content (AvgIpc) is 2.35. The molecule has 94 valence electrons. The fraction of sp³-hybridized carbons (Fsp3) is 0.429. The standard InChI is InChI=1S/C14H16ClN3/c1-12-10-14(15)5-4-13(12)11-18(8-2-6-16)9-3-7-17/h4-5,10H,2-3,8-9,11H2,1H3. The van der Waals surface area contributed by atoms with E-state index in [1.54, 1.807) is 0 Å². The minimum absolute atomic E-state index is 0.484. The Kier molecular flexibility index (Phi) is 6.22. The van der Waals surface area contributed by atoms with Crippen LogP contribution in [0.1, 0.15) is 24.0 Å². The van der Waals surface area contributed by atoms with Gasteiger partial charge in [0, 0.05) is 37.5 Å². The summed E-state index contributed by atoms with van der Waals surface area (Å²) in [4.78, 5) is 2.13. The molecule has 0 amide bonds. The van der Waals surface area contributed by atoms with Crippen LogP contribution in [0.4, 0.5) is 0 Å². The third-order valence-electron chi connectivity index (χ3n) is 2.78. The van der Waals surface area contributed by atoms with Crippen molar-refractivity contribution in [1.82, 2.24) is 4.90 Å². The zero-order valence-electron chi connectivity index (χ0n) is 10.5. The van der Waals surface area contributed by atoms with Crippen LogP contribution in [0.25, 0.3) is 0 Å². The molecule has 0 aliphatic carbocycles. The number of aryl methyl sites for hydroxylation is 1. The minimum Gasteiger partial charge on any atom is -0.297 e. The molecule has 0 fully saturated rings. The first kappa shape index (κ1) is 14.5. The van der Waals surface area contributed by atoms with Gasteiger partial charge in [-0.3, -0.25) is 4.90 Å². The van der Waals surface area contributed by atoms with Gasteiger partial charge in [0.2, 0.25) is 0 Å². The zero-order valence-corrected chi connectivity index (χ0v) is 11.2. The molecule has 0 aliphatic heterocycles. The topological polar surface area (TPSA) is 50.8 Å². The number of benzene rings is 1. The number of nitriles is 2. The summed E-state index contributed by atoms with van der Waals surface area (Å²) >= 11 is 5.92. The Morgan fingerprint density at radius 1 is 1.17 bits per heavy atom. The molecule has 0 bridgehead atoms. The summed E-state index contributed by atoms with van der Waals surface area (Å²) in [6.45, 7) is 4.17. The molecule has 3 nitrogen and oxygen atoms in total. The van der Waals surface area contributed by atoms with E-state index in [4.69, 9.17) is 22.1 Å². The maximum atomic E-state index is 8.64. The van der Waals surface area contributed by atoms with Gasteiger partial charge in [0.25, 0.3) is 0 Å². The highest BCUT2D eigenvalue weighted by Crippen LogP contribution is 2.17. The summed E-state index contributed by atoms with van der Waals surface area (Å²) in [6.07, 6.45) is 0.968. The monoisotopic (exact) mass is 261 g/mol. The van der Waals surface area contributed by atoms with E-state index in [9.17, 15) is 0 Å². The van der Waals surface area contributed by atoms with E-state index in [0.29, 0.717) is 25.9 Å². The molecular formula is C14H16ClN3. The van der Waals surface area contributed by atoms with Crippen LogP contribution in [-0.2, 0) is 6.54 Å². The summed E-state index contributed by atoms with van der Waals surface area (Å²) in [6, 6.07) is 10.1. The molecule has 0 saturated heterocycles. The Labute approximate surface area is 113 Å². The lowest BCUT2D eigenvalue weighted by molar-refractivity contribution is 0.277. The van der Waals surface area contributed by atoms with E-state index >= 15 is 0 Å². The van der Waals surface area contributed by atoms with Gasteiger partial charge in [-0.25, -0.2) is 0 Å². The van der Waals surface area contributed by atoms with Crippen LogP contribution in [0.5, 0.6) is 0 Å². The quantitative estimate of drug-likeness (QED) is 0.790. The Balaban J connectivity index is 2.69. The predicted molar refractivity (Wildman–Crippen MR) is 71.9 cm³/mol. The van der Waals surface area contributed by atoms with Gasteiger partial charge in [-0.1, -0.05) is 17.7 Å². The summed E-state index contributed by atoms with van der Waals surface area (Å²) in [7, 11) is 0. The summed E-state index contributed by atoms with van der Waals surface area (Å²) in [5.41, 5.74) is 2.33. The number of hydrogen-bond donors (Lipinski definition) is 0. The van der Waals surface area contributed by atoms with Crippen LogP contribution in [-0.4, -0.2) is 18.0 Å². The lowest BCUT2D eigenvalue weighted by atomic mass is 10.1. The maximum absolute atomic E-state index is 8.64. The molecule has 0 spiro atoms. The Morgan fingerprint density at radius 2 is 1.78 bits per heavy atom. The number of nitrogens with zero attached hydrogens (tertiary/aromatic N) is 3. The molecule has 1 rings (SSSR count). The van der Waals surface area contributed by atoms with Gasteiger partial charge in [-0.05, 0) is 30.2 Å². The zero-order chi connectivity index (χ0) is 13.4. The van der Waals surface area contributed by atoms with Crippen LogP contribution < -0.4 is 0 Å². The van der Waals surface area contributed by atoms with Crippen molar-refractivity contribution in [2.24, 2.45) is 0 Å². The molecule has 0 saturated carbocycles. The Morgan fingerprint density at radius 3 is 2.28 bits per heavy atom. The lowest BCUT2D eigenvalue weighted by Crippen LogP contribution is -2.25.